The van der Waals surface area contributed by atoms with Crippen LogP contribution < -0.4 is 16.0 Å². The number of carbonyl (C=O) groups excluding carboxylic acids is 4. The number of amides is 4. The van der Waals surface area contributed by atoms with Crippen molar-refractivity contribution >= 4 is 41.3 Å². The van der Waals surface area contributed by atoms with Crippen molar-refractivity contribution in [3.05, 3.63) is 29.3 Å². The number of halogens is 6. The van der Waals surface area contributed by atoms with E-state index in [1.165, 1.54) is 0 Å². The highest BCUT2D eigenvalue weighted by molar-refractivity contribution is 6.23. The SMILES string of the molecule is NCCOCCOCCN1CCN(c2ccc3c(c2)C(=O)N(C2CCC(=O)NC2=O)C3=O)CC1.O=C(O)C(F)(F)F.O=C(O)C(F)(F)F. The molecule has 1 aromatic rings. The number of nitrogens with one attached hydrogen (secondary N) is 1. The van der Waals surface area contributed by atoms with E-state index in [9.17, 15) is 45.5 Å². The molecule has 5 N–H and O–H groups in total. The summed E-state index contributed by atoms with van der Waals surface area (Å²) >= 11 is 0. The van der Waals surface area contributed by atoms with Crippen molar-refractivity contribution < 1.29 is 74.8 Å². The van der Waals surface area contributed by atoms with Crippen molar-refractivity contribution in [1.29, 1.82) is 0 Å². The van der Waals surface area contributed by atoms with Gasteiger partial charge in [-0.15, -0.1) is 0 Å². The number of hydrogen-bond acceptors (Lipinski definition) is 11. The van der Waals surface area contributed by atoms with Crippen molar-refractivity contribution in [2.75, 3.05) is 70.6 Å². The van der Waals surface area contributed by atoms with Gasteiger partial charge in [0.2, 0.25) is 11.8 Å². The smallest absolute Gasteiger partial charge is 0.475 e. The molecule has 3 aliphatic rings. The number of fused-ring (bicyclic) bond motifs is 1. The van der Waals surface area contributed by atoms with Gasteiger partial charge in [-0.1, -0.05) is 0 Å². The lowest BCUT2D eigenvalue weighted by Crippen LogP contribution is -2.54. The number of aliphatic carboxylic acids is 2. The van der Waals surface area contributed by atoms with E-state index in [0.717, 1.165) is 43.3 Å². The Hall–Kier alpha value is -4.34. The van der Waals surface area contributed by atoms with Crippen LogP contribution in [0.4, 0.5) is 32.0 Å². The number of piperazine rings is 1. The van der Waals surface area contributed by atoms with Gasteiger partial charge in [0.1, 0.15) is 6.04 Å². The minimum Gasteiger partial charge on any atom is -0.475 e. The van der Waals surface area contributed by atoms with Gasteiger partial charge in [-0.25, -0.2) is 9.59 Å². The lowest BCUT2D eigenvalue weighted by molar-refractivity contribution is -0.193. The number of rotatable bonds is 10. The molecule has 15 nitrogen and oxygen atoms in total. The maximum Gasteiger partial charge on any atom is 0.490 e. The van der Waals surface area contributed by atoms with E-state index in [0.29, 0.717) is 44.1 Å². The maximum absolute atomic E-state index is 13.0. The molecular weight excluding hydrogens is 668 g/mol. The summed E-state index contributed by atoms with van der Waals surface area (Å²) in [6.45, 7) is 6.93. The van der Waals surface area contributed by atoms with E-state index in [4.69, 9.17) is 35.0 Å². The molecule has 268 valence electrons. The summed E-state index contributed by atoms with van der Waals surface area (Å²) in [6, 6.07) is 4.29. The predicted octanol–water partition coefficient (Wildman–Crippen LogP) is 0.468. The van der Waals surface area contributed by atoms with Crippen LogP contribution in [0.1, 0.15) is 33.6 Å². The molecule has 0 spiro atoms. The third-order valence-corrected chi connectivity index (χ3v) is 6.83. The molecule has 2 fully saturated rings. The van der Waals surface area contributed by atoms with Crippen LogP contribution in [-0.4, -0.2) is 140 Å². The van der Waals surface area contributed by atoms with Crippen molar-refractivity contribution in [3.63, 3.8) is 0 Å². The first-order valence-electron chi connectivity index (χ1n) is 14.2. The van der Waals surface area contributed by atoms with Crippen LogP contribution in [0.5, 0.6) is 0 Å². The van der Waals surface area contributed by atoms with Crippen molar-refractivity contribution in [2.45, 2.75) is 31.2 Å². The van der Waals surface area contributed by atoms with Crippen molar-refractivity contribution in [2.24, 2.45) is 5.73 Å². The van der Waals surface area contributed by atoms with Crippen molar-refractivity contribution in [1.82, 2.24) is 15.1 Å². The largest absolute Gasteiger partial charge is 0.490 e. The number of ether oxygens (including phenoxy) is 2. The Bertz CT molecular complexity index is 1310. The minimum atomic E-state index is -5.08. The number of imide groups is 2. The van der Waals surface area contributed by atoms with Crippen molar-refractivity contribution in [3.8, 4) is 0 Å². The third-order valence-electron chi connectivity index (χ3n) is 6.83. The van der Waals surface area contributed by atoms with Gasteiger partial charge in [-0.05, 0) is 24.6 Å². The van der Waals surface area contributed by atoms with E-state index in [2.05, 4.69) is 15.1 Å². The second-order valence-corrected chi connectivity index (χ2v) is 10.1. The summed E-state index contributed by atoms with van der Waals surface area (Å²) in [5.74, 6) is -7.47. The molecule has 4 amide bonds. The number of anilines is 1. The average Bonchev–Trinajstić information content (AvgIpc) is 3.25. The van der Waals surface area contributed by atoms with E-state index in [1.807, 2.05) is 6.07 Å². The van der Waals surface area contributed by atoms with E-state index < -0.39 is 48.1 Å². The van der Waals surface area contributed by atoms with E-state index >= 15 is 0 Å². The first-order valence-corrected chi connectivity index (χ1v) is 14.2. The normalized spacial score (nSPS) is 18.4. The molecule has 0 aromatic heterocycles. The number of carbonyl (C=O) groups is 6. The molecule has 0 bridgehead atoms. The number of carboxylic acid groups (broad SMARTS) is 2. The average molecular weight is 702 g/mol. The van der Waals surface area contributed by atoms with Crippen LogP contribution in [0.2, 0.25) is 0 Å². The molecule has 0 aliphatic carbocycles. The Morgan fingerprint density at radius 3 is 1.85 bits per heavy atom. The first kappa shape index (κ1) is 39.8. The highest BCUT2D eigenvalue weighted by Gasteiger charge is 2.45. The van der Waals surface area contributed by atoms with Crippen LogP contribution in [0, 0.1) is 0 Å². The van der Waals surface area contributed by atoms with Gasteiger partial charge in [0.25, 0.3) is 11.8 Å². The molecule has 0 saturated carbocycles. The second-order valence-electron chi connectivity index (χ2n) is 10.1. The minimum absolute atomic E-state index is 0.104. The van der Waals surface area contributed by atoms with Crippen LogP contribution in [0.15, 0.2) is 18.2 Å². The Kier molecular flexibility index (Phi) is 14.7. The maximum atomic E-state index is 13.0. The molecule has 1 unspecified atom stereocenters. The predicted molar refractivity (Wildman–Crippen MR) is 150 cm³/mol. The van der Waals surface area contributed by atoms with Gasteiger partial charge < -0.3 is 30.3 Å². The molecule has 3 aliphatic heterocycles. The number of nitrogens with zero attached hydrogens (tertiary/aromatic N) is 3. The molecule has 21 heteroatoms. The zero-order chi connectivity index (χ0) is 36.2. The van der Waals surface area contributed by atoms with Crippen LogP contribution in [0.25, 0.3) is 0 Å². The van der Waals surface area contributed by atoms with Crippen LogP contribution in [-0.2, 0) is 28.7 Å². The Morgan fingerprint density at radius 1 is 0.833 bits per heavy atom. The number of piperidine rings is 1. The number of alkyl halides is 6. The Balaban J connectivity index is 0.000000479. The van der Waals surface area contributed by atoms with Crippen LogP contribution in [0.3, 0.4) is 0 Å². The summed E-state index contributed by atoms with van der Waals surface area (Å²) in [7, 11) is 0. The molecule has 1 aromatic carbocycles. The monoisotopic (exact) mass is 701 g/mol. The number of hydrogen-bond donors (Lipinski definition) is 4. The molecule has 4 rings (SSSR count). The standard InChI is InChI=1S/C23H31N5O6.2C2HF3O2/c24-5-11-33-13-14-34-12-10-26-6-8-27(9-7-26)16-1-2-17-18(15-16)23(32)28(22(17)31)19-3-4-20(29)25-21(19)30;2*3-2(4,5)1(6)7/h1-2,15,19H,3-14,24H2,(H,25,29,30);2*(H,6,7). The highest BCUT2D eigenvalue weighted by atomic mass is 19.4. The Morgan fingerprint density at radius 2 is 1.35 bits per heavy atom. The summed E-state index contributed by atoms with van der Waals surface area (Å²) < 4.78 is 74.4. The molecule has 48 heavy (non-hydrogen) atoms. The quantitative estimate of drug-likeness (QED) is 0.149. The zero-order valence-corrected chi connectivity index (χ0v) is 25.1. The number of nitrogens with two attached hydrogens (primary N) is 1. The van der Waals surface area contributed by atoms with Gasteiger partial charge in [0, 0.05) is 51.4 Å². The second kappa shape index (κ2) is 17.7. The van der Waals surface area contributed by atoms with Gasteiger partial charge >= 0.3 is 24.3 Å². The number of carboxylic acids is 2. The molecule has 3 heterocycles. The molecular formula is C27H33F6N5O10. The zero-order valence-electron chi connectivity index (χ0n) is 25.1. The highest BCUT2D eigenvalue weighted by Crippen LogP contribution is 2.31. The molecule has 0 radical (unpaired) electrons. The fraction of sp³-hybridized carbons (Fsp3) is 0.556. The first-order chi connectivity index (χ1) is 22.4. The van der Waals surface area contributed by atoms with E-state index in [1.54, 1.807) is 12.1 Å². The lowest BCUT2D eigenvalue weighted by Gasteiger charge is -2.36. The Labute approximate surface area is 268 Å². The molecule has 1 atom stereocenters. The van der Waals surface area contributed by atoms with Gasteiger partial charge in [-0.2, -0.15) is 26.3 Å². The van der Waals surface area contributed by atoms with Gasteiger partial charge in [0.15, 0.2) is 0 Å². The summed E-state index contributed by atoms with van der Waals surface area (Å²) in [6.07, 6.45) is -9.91. The van der Waals surface area contributed by atoms with Gasteiger partial charge in [0.05, 0.1) is 37.6 Å². The van der Waals surface area contributed by atoms with E-state index in [-0.39, 0.29) is 18.7 Å². The third kappa shape index (κ3) is 11.7. The van der Waals surface area contributed by atoms with Gasteiger partial charge in [-0.3, -0.25) is 34.3 Å². The fourth-order valence-electron chi connectivity index (χ4n) is 4.48. The summed E-state index contributed by atoms with van der Waals surface area (Å²) in [5.41, 5.74) is 6.85. The topological polar surface area (TPSA) is 209 Å². The van der Waals surface area contributed by atoms with Crippen LogP contribution >= 0.6 is 0 Å². The summed E-state index contributed by atoms with van der Waals surface area (Å²) in [5, 5.41) is 16.5. The fourth-order valence-corrected chi connectivity index (χ4v) is 4.48. The molecule has 2 saturated heterocycles. The lowest BCUT2D eigenvalue weighted by atomic mass is 10.0. The number of benzene rings is 1. The summed E-state index contributed by atoms with van der Waals surface area (Å²) in [4.78, 5) is 72.8.